The first-order chi connectivity index (χ1) is 10.3. The minimum atomic E-state index is 0.330. The molecule has 1 heterocycles. The van der Waals surface area contributed by atoms with Gasteiger partial charge in [-0.25, -0.2) is 0 Å². The maximum atomic E-state index is 5.43. The van der Waals surface area contributed by atoms with Crippen LogP contribution in [-0.2, 0) is 13.0 Å². The normalized spacial score (nSPS) is 18.8. The number of nitrogens with one attached hydrogen (secondary N) is 1. The van der Waals surface area contributed by atoms with Crippen LogP contribution in [0.4, 0.5) is 0 Å². The van der Waals surface area contributed by atoms with Crippen LogP contribution < -0.4 is 14.8 Å². The molecule has 4 rings (SSSR count). The number of benzene rings is 2. The Hall–Kier alpha value is -1.52. The van der Waals surface area contributed by atoms with Crippen LogP contribution in [0.3, 0.4) is 0 Å². The summed E-state index contributed by atoms with van der Waals surface area (Å²) in [5, 5.41) is 3.66. The van der Waals surface area contributed by atoms with E-state index in [-0.39, 0.29) is 0 Å². The second-order valence-electron chi connectivity index (χ2n) is 5.47. The van der Waals surface area contributed by atoms with Crippen LogP contribution in [0.2, 0.25) is 0 Å². The van der Waals surface area contributed by atoms with Crippen molar-refractivity contribution in [3.05, 3.63) is 57.6 Å². The molecule has 0 saturated carbocycles. The molecule has 1 atom stereocenters. The summed E-state index contributed by atoms with van der Waals surface area (Å²) in [4.78, 5) is 0. The first kappa shape index (κ1) is 13.2. The van der Waals surface area contributed by atoms with Crippen LogP contribution in [0.25, 0.3) is 0 Å². The lowest BCUT2D eigenvalue weighted by atomic mass is 10.1. The van der Waals surface area contributed by atoms with Crippen LogP contribution in [0.15, 0.2) is 40.9 Å². The number of fused-ring (bicyclic) bond motifs is 2. The van der Waals surface area contributed by atoms with Crippen LogP contribution in [0.1, 0.15) is 29.2 Å². The number of rotatable bonds is 3. The zero-order valence-corrected chi connectivity index (χ0v) is 13.2. The van der Waals surface area contributed by atoms with E-state index in [1.165, 1.54) is 21.2 Å². The van der Waals surface area contributed by atoms with Gasteiger partial charge in [0.15, 0.2) is 11.5 Å². The van der Waals surface area contributed by atoms with E-state index in [1.54, 1.807) is 0 Å². The standard InChI is InChI=1S/C17H16BrNO2/c18-14-3-1-2-13-12(14)5-6-15(13)19-9-11-4-7-16-17(8-11)21-10-20-16/h1-4,7-8,15,19H,5-6,9-10H2. The topological polar surface area (TPSA) is 30.5 Å². The van der Waals surface area contributed by atoms with E-state index in [1.807, 2.05) is 6.07 Å². The Morgan fingerprint density at radius 3 is 3.00 bits per heavy atom. The van der Waals surface area contributed by atoms with E-state index >= 15 is 0 Å². The lowest BCUT2D eigenvalue weighted by Gasteiger charge is -2.14. The zero-order valence-electron chi connectivity index (χ0n) is 11.6. The Morgan fingerprint density at radius 2 is 2.05 bits per heavy atom. The van der Waals surface area contributed by atoms with Crippen LogP contribution in [0.5, 0.6) is 11.5 Å². The monoisotopic (exact) mass is 345 g/mol. The van der Waals surface area contributed by atoms with Gasteiger partial charge in [0.1, 0.15) is 0 Å². The maximum Gasteiger partial charge on any atom is 0.231 e. The largest absolute Gasteiger partial charge is 0.454 e. The maximum absolute atomic E-state index is 5.43. The van der Waals surface area contributed by atoms with Crippen LogP contribution >= 0.6 is 15.9 Å². The van der Waals surface area contributed by atoms with Gasteiger partial charge in [0.2, 0.25) is 6.79 Å². The van der Waals surface area contributed by atoms with Gasteiger partial charge in [-0.2, -0.15) is 0 Å². The molecule has 0 spiro atoms. The van der Waals surface area contributed by atoms with Crippen molar-refractivity contribution >= 4 is 15.9 Å². The fourth-order valence-electron chi connectivity index (χ4n) is 3.11. The van der Waals surface area contributed by atoms with Gasteiger partial charge in [0.25, 0.3) is 0 Å². The van der Waals surface area contributed by atoms with E-state index in [2.05, 4.69) is 51.6 Å². The Balaban J connectivity index is 1.48. The second kappa shape index (κ2) is 5.35. The quantitative estimate of drug-likeness (QED) is 0.913. The number of ether oxygens (including phenoxy) is 2. The van der Waals surface area contributed by atoms with E-state index in [9.17, 15) is 0 Å². The van der Waals surface area contributed by atoms with Gasteiger partial charge in [-0.3, -0.25) is 0 Å². The molecule has 0 bridgehead atoms. The van der Waals surface area contributed by atoms with Crippen LogP contribution in [-0.4, -0.2) is 6.79 Å². The summed E-state index contributed by atoms with van der Waals surface area (Å²) in [6.07, 6.45) is 2.29. The van der Waals surface area contributed by atoms with Crippen molar-refractivity contribution in [3.8, 4) is 11.5 Å². The third kappa shape index (κ3) is 2.43. The molecule has 3 nitrogen and oxygen atoms in total. The van der Waals surface area contributed by atoms with Crippen molar-refractivity contribution in [3.63, 3.8) is 0 Å². The molecule has 0 aromatic heterocycles. The summed E-state index contributed by atoms with van der Waals surface area (Å²) in [6.45, 7) is 1.17. The predicted molar refractivity (Wildman–Crippen MR) is 84.6 cm³/mol. The summed E-state index contributed by atoms with van der Waals surface area (Å²) in [5.74, 6) is 1.69. The minimum absolute atomic E-state index is 0.330. The summed E-state index contributed by atoms with van der Waals surface area (Å²) < 4.78 is 12.0. The average molecular weight is 346 g/mol. The minimum Gasteiger partial charge on any atom is -0.454 e. The van der Waals surface area contributed by atoms with Gasteiger partial charge in [-0.1, -0.05) is 34.1 Å². The fourth-order valence-corrected chi connectivity index (χ4v) is 3.69. The Morgan fingerprint density at radius 1 is 1.14 bits per heavy atom. The molecule has 21 heavy (non-hydrogen) atoms. The first-order valence-electron chi connectivity index (χ1n) is 7.20. The molecule has 2 aromatic rings. The van der Waals surface area contributed by atoms with Crippen molar-refractivity contribution in [2.24, 2.45) is 0 Å². The number of hydrogen-bond donors (Lipinski definition) is 1. The number of hydrogen-bond acceptors (Lipinski definition) is 3. The van der Waals surface area contributed by atoms with Gasteiger partial charge >= 0.3 is 0 Å². The molecule has 2 aliphatic rings. The SMILES string of the molecule is Brc1cccc2c1CCC2NCc1ccc2c(c1)OCO2. The molecule has 4 heteroatoms. The summed E-state index contributed by atoms with van der Waals surface area (Å²) in [7, 11) is 0. The Labute approximate surface area is 132 Å². The van der Waals surface area contributed by atoms with Crippen molar-refractivity contribution in [2.75, 3.05) is 6.79 Å². The summed E-state index contributed by atoms with van der Waals surface area (Å²) in [6, 6.07) is 13.0. The molecule has 0 saturated heterocycles. The molecule has 1 aliphatic heterocycles. The molecule has 2 aromatic carbocycles. The molecule has 0 amide bonds. The van der Waals surface area contributed by atoms with Gasteiger partial charge in [-0.15, -0.1) is 0 Å². The van der Waals surface area contributed by atoms with E-state index in [0.29, 0.717) is 12.8 Å². The lowest BCUT2D eigenvalue weighted by molar-refractivity contribution is 0.174. The third-order valence-corrected chi connectivity index (χ3v) is 4.95. The lowest BCUT2D eigenvalue weighted by Crippen LogP contribution is -2.18. The molecule has 1 aliphatic carbocycles. The van der Waals surface area contributed by atoms with E-state index in [0.717, 1.165) is 30.9 Å². The van der Waals surface area contributed by atoms with Crippen molar-refractivity contribution in [1.29, 1.82) is 0 Å². The zero-order chi connectivity index (χ0) is 14.2. The number of halogens is 1. The Bertz CT molecular complexity index is 686. The average Bonchev–Trinajstić information content (AvgIpc) is 3.12. The fraction of sp³-hybridized carbons (Fsp3) is 0.294. The molecule has 0 fully saturated rings. The van der Waals surface area contributed by atoms with Gasteiger partial charge < -0.3 is 14.8 Å². The summed E-state index contributed by atoms with van der Waals surface area (Å²) in [5.41, 5.74) is 4.09. The van der Waals surface area contributed by atoms with Gasteiger partial charge in [0.05, 0.1) is 0 Å². The molecular weight excluding hydrogens is 330 g/mol. The predicted octanol–water partition coefficient (Wildman–Crippen LogP) is 3.95. The van der Waals surface area contributed by atoms with Gasteiger partial charge in [-0.05, 0) is 47.7 Å². The first-order valence-corrected chi connectivity index (χ1v) is 8.00. The molecule has 108 valence electrons. The smallest absolute Gasteiger partial charge is 0.231 e. The molecule has 1 N–H and O–H groups in total. The van der Waals surface area contributed by atoms with Crippen molar-refractivity contribution in [2.45, 2.75) is 25.4 Å². The molecular formula is C17H16BrNO2. The van der Waals surface area contributed by atoms with Gasteiger partial charge in [0, 0.05) is 17.1 Å². The third-order valence-electron chi connectivity index (χ3n) is 4.20. The van der Waals surface area contributed by atoms with Crippen LogP contribution in [0, 0.1) is 0 Å². The highest BCUT2D eigenvalue weighted by Gasteiger charge is 2.23. The molecule has 0 radical (unpaired) electrons. The van der Waals surface area contributed by atoms with Crippen molar-refractivity contribution in [1.82, 2.24) is 5.32 Å². The van der Waals surface area contributed by atoms with Crippen molar-refractivity contribution < 1.29 is 9.47 Å². The second-order valence-corrected chi connectivity index (χ2v) is 6.32. The highest BCUT2D eigenvalue weighted by molar-refractivity contribution is 9.10. The molecule has 1 unspecified atom stereocenters. The highest BCUT2D eigenvalue weighted by Crippen LogP contribution is 2.36. The Kier molecular flexibility index (Phi) is 3.36. The highest BCUT2D eigenvalue weighted by atomic mass is 79.9. The van der Waals surface area contributed by atoms with E-state index in [4.69, 9.17) is 9.47 Å². The summed E-state index contributed by atoms with van der Waals surface area (Å²) >= 11 is 3.65. The van der Waals surface area contributed by atoms with E-state index < -0.39 is 0 Å².